The highest BCUT2D eigenvalue weighted by Crippen LogP contribution is 2.62. The Balaban J connectivity index is 2.21. The van der Waals surface area contributed by atoms with Gasteiger partial charge in [0.15, 0.2) is 0 Å². The van der Waals surface area contributed by atoms with E-state index in [9.17, 15) is 10.2 Å². The SMILES string of the molecule is OC[C@]12C[C@H]1[C@@H](O)[C@@H](O)[C@H]2O. The molecule has 4 heteroatoms. The summed E-state index contributed by atoms with van der Waals surface area (Å²) in [5.74, 6) is -0.0995. The second-order valence-corrected chi connectivity index (χ2v) is 3.63. The van der Waals surface area contributed by atoms with Crippen LogP contribution in [0.3, 0.4) is 0 Å². The van der Waals surface area contributed by atoms with Crippen LogP contribution in [-0.4, -0.2) is 45.3 Å². The monoisotopic (exact) mass is 160 g/mol. The molecule has 0 aromatic rings. The van der Waals surface area contributed by atoms with E-state index in [4.69, 9.17) is 10.2 Å². The molecule has 0 radical (unpaired) electrons. The van der Waals surface area contributed by atoms with Crippen molar-refractivity contribution in [3.63, 3.8) is 0 Å². The highest BCUT2D eigenvalue weighted by Gasteiger charge is 2.70. The van der Waals surface area contributed by atoms with Crippen LogP contribution in [0.2, 0.25) is 0 Å². The number of aliphatic hydroxyl groups is 4. The van der Waals surface area contributed by atoms with Gasteiger partial charge >= 0.3 is 0 Å². The Morgan fingerprint density at radius 1 is 1.18 bits per heavy atom. The first-order valence-electron chi connectivity index (χ1n) is 3.78. The predicted octanol–water partition coefficient (Wildman–Crippen LogP) is -1.92. The third-order valence-electron chi connectivity index (χ3n) is 3.15. The summed E-state index contributed by atoms with van der Waals surface area (Å²) >= 11 is 0. The molecular weight excluding hydrogens is 148 g/mol. The second kappa shape index (κ2) is 1.95. The van der Waals surface area contributed by atoms with Crippen molar-refractivity contribution in [3.05, 3.63) is 0 Å². The minimum absolute atomic E-state index is 0.0995. The Morgan fingerprint density at radius 3 is 2.09 bits per heavy atom. The van der Waals surface area contributed by atoms with E-state index >= 15 is 0 Å². The third kappa shape index (κ3) is 0.679. The van der Waals surface area contributed by atoms with Crippen LogP contribution in [0.25, 0.3) is 0 Å². The molecule has 0 heterocycles. The van der Waals surface area contributed by atoms with E-state index < -0.39 is 23.7 Å². The minimum atomic E-state index is -1.07. The average Bonchev–Trinajstić information content (AvgIpc) is 2.71. The molecule has 0 unspecified atom stereocenters. The average molecular weight is 160 g/mol. The van der Waals surface area contributed by atoms with Gasteiger partial charge in [-0.1, -0.05) is 0 Å². The summed E-state index contributed by atoms with van der Waals surface area (Å²) < 4.78 is 0. The van der Waals surface area contributed by atoms with Gasteiger partial charge in [0, 0.05) is 5.41 Å². The first kappa shape index (κ1) is 7.49. The predicted molar refractivity (Wildman–Crippen MR) is 35.6 cm³/mol. The molecule has 4 nitrogen and oxygen atoms in total. The molecule has 2 rings (SSSR count). The summed E-state index contributed by atoms with van der Waals surface area (Å²) in [6, 6.07) is 0. The smallest absolute Gasteiger partial charge is 0.107 e. The van der Waals surface area contributed by atoms with Crippen molar-refractivity contribution in [2.24, 2.45) is 11.3 Å². The number of hydrogen-bond acceptors (Lipinski definition) is 4. The molecule has 0 amide bonds. The van der Waals surface area contributed by atoms with E-state index in [2.05, 4.69) is 0 Å². The molecule has 0 aromatic heterocycles. The van der Waals surface area contributed by atoms with Crippen LogP contribution in [0.5, 0.6) is 0 Å². The van der Waals surface area contributed by atoms with Gasteiger partial charge < -0.3 is 20.4 Å². The summed E-state index contributed by atoms with van der Waals surface area (Å²) in [7, 11) is 0. The topological polar surface area (TPSA) is 80.9 Å². The zero-order valence-corrected chi connectivity index (χ0v) is 6.01. The zero-order valence-electron chi connectivity index (χ0n) is 6.01. The number of rotatable bonds is 1. The van der Waals surface area contributed by atoms with Gasteiger partial charge in [0.25, 0.3) is 0 Å². The summed E-state index contributed by atoms with van der Waals surface area (Å²) in [6.45, 7) is -0.146. The summed E-state index contributed by atoms with van der Waals surface area (Å²) in [4.78, 5) is 0. The van der Waals surface area contributed by atoms with Crippen LogP contribution in [0.15, 0.2) is 0 Å². The fourth-order valence-corrected chi connectivity index (χ4v) is 2.19. The lowest BCUT2D eigenvalue weighted by Gasteiger charge is -2.19. The number of aliphatic hydroxyl groups excluding tert-OH is 4. The van der Waals surface area contributed by atoms with Crippen LogP contribution < -0.4 is 0 Å². The summed E-state index contributed by atoms with van der Waals surface area (Å²) in [5, 5.41) is 36.7. The lowest BCUT2D eigenvalue weighted by Crippen LogP contribution is -2.36. The van der Waals surface area contributed by atoms with Crippen molar-refractivity contribution in [1.82, 2.24) is 0 Å². The van der Waals surface area contributed by atoms with E-state index in [-0.39, 0.29) is 12.5 Å². The molecule has 0 saturated heterocycles. The summed E-state index contributed by atoms with van der Waals surface area (Å²) in [5.41, 5.74) is -0.584. The largest absolute Gasteiger partial charge is 0.396 e. The maximum absolute atomic E-state index is 9.36. The molecular formula is C7H12O4. The maximum atomic E-state index is 9.36. The normalized spacial score (nSPS) is 61.1. The molecule has 2 aliphatic rings. The van der Waals surface area contributed by atoms with Crippen molar-refractivity contribution in [3.8, 4) is 0 Å². The number of hydrogen-bond donors (Lipinski definition) is 4. The molecule has 2 fully saturated rings. The summed E-state index contributed by atoms with van der Waals surface area (Å²) in [6.07, 6.45) is -2.24. The van der Waals surface area contributed by atoms with Gasteiger partial charge in [0.2, 0.25) is 0 Å². The molecule has 0 aromatic carbocycles. The van der Waals surface area contributed by atoms with Crippen LogP contribution in [0, 0.1) is 11.3 Å². The van der Waals surface area contributed by atoms with Crippen molar-refractivity contribution in [2.45, 2.75) is 24.7 Å². The van der Waals surface area contributed by atoms with Gasteiger partial charge in [-0.3, -0.25) is 0 Å². The lowest BCUT2D eigenvalue weighted by atomic mass is 10.0. The maximum Gasteiger partial charge on any atom is 0.107 e. The van der Waals surface area contributed by atoms with E-state index in [1.165, 1.54) is 0 Å². The van der Waals surface area contributed by atoms with E-state index in [1.54, 1.807) is 0 Å². The fourth-order valence-electron chi connectivity index (χ4n) is 2.19. The Kier molecular flexibility index (Phi) is 1.33. The third-order valence-corrected chi connectivity index (χ3v) is 3.15. The Morgan fingerprint density at radius 2 is 1.82 bits per heavy atom. The quantitative estimate of drug-likeness (QED) is 0.360. The van der Waals surface area contributed by atoms with E-state index in [1.807, 2.05) is 0 Å². The van der Waals surface area contributed by atoms with Crippen molar-refractivity contribution in [2.75, 3.05) is 6.61 Å². The molecule has 11 heavy (non-hydrogen) atoms. The van der Waals surface area contributed by atoms with Gasteiger partial charge in [0.1, 0.15) is 6.10 Å². The molecule has 64 valence electrons. The molecule has 0 spiro atoms. The molecule has 2 saturated carbocycles. The molecule has 4 N–H and O–H groups in total. The molecule has 0 bridgehead atoms. The standard InChI is InChI=1S/C7H12O4/c8-2-7-1-3(7)4(9)5(10)6(7)11/h3-6,8-11H,1-2H2/t3-,4+,5+,6+,7+/m0/s1. The second-order valence-electron chi connectivity index (χ2n) is 3.63. The highest BCUT2D eigenvalue weighted by molar-refractivity contribution is 5.19. The number of fused-ring (bicyclic) bond motifs is 1. The van der Waals surface area contributed by atoms with Gasteiger partial charge in [-0.15, -0.1) is 0 Å². The Hall–Kier alpha value is -0.160. The van der Waals surface area contributed by atoms with Crippen LogP contribution in [-0.2, 0) is 0 Å². The van der Waals surface area contributed by atoms with Crippen molar-refractivity contribution >= 4 is 0 Å². The van der Waals surface area contributed by atoms with Crippen LogP contribution in [0.4, 0.5) is 0 Å². The Labute approximate surface area is 64.1 Å². The van der Waals surface area contributed by atoms with Crippen LogP contribution >= 0.6 is 0 Å². The lowest BCUT2D eigenvalue weighted by molar-refractivity contribution is -0.0563. The van der Waals surface area contributed by atoms with Gasteiger partial charge in [0.05, 0.1) is 18.8 Å². The van der Waals surface area contributed by atoms with Crippen molar-refractivity contribution in [1.29, 1.82) is 0 Å². The molecule has 5 atom stereocenters. The molecule has 0 aliphatic heterocycles. The minimum Gasteiger partial charge on any atom is -0.396 e. The van der Waals surface area contributed by atoms with E-state index in [0.717, 1.165) is 0 Å². The first-order valence-corrected chi connectivity index (χ1v) is 3.78. The van der Waals surface area contributed by atoms with Crippen molar-refractivity contribution < 1.29 is 20.4 Å². The van der Waals surface area contributed by atoms with E-state index in [0.29, 0.717) is 6.42 Å². The van der Waals surface area contributed by atoms with Gasteiger partial charge in [-0.05, 0) is 12.3 Å². The molecule has 2 aliphatic carbocycles. The van der Waals surface area contributed by atoms with Gasteiger partial charge in [-0.25, -0.2) is 0 Å². The Bertz CT molecular complexity index is 181. The highest BCUT2D eigenvalue weighted by atomic mass is 16.4. The zero-order chi connectivity index (χ0) is 8.22. The first-order chi connectivity index (χ1) is 5.13. The van der Waals surface area contributed by atoms with Gasteiger partial charge in [-0.2, -0.15) is 0 Å². The fraction of sp³-hybridized carbons (Fsp3) is 1.00. The van der Waals surface area contributed by atoms with Crippen LogP contribution in [0.1, 0.15) is 6.42 Å².